The summed E-state index contributed by atoms with van der Waals surface area (Å²) in [7, 11) is 3.12. The van der Waals surface area contributed by atoms with Crippen LogP contribution in [0.5, 0.6) is 0 Å². The van der Waals surface area contributed by atoms with Crippen molar-refractivity contribution in [2.45, 2.75) is 13.0 Å². The average molecular weight is 246 g/mol. The number of carbonyl (C=O) groups is 1. The molecule has 94 valence electrons. The third-order valence-corrected chi connectivity index (χ3v) is 2.18. The fourth-order valence-electron chi connectivity index (χ4n) is 1.34. The molecule has 0 fully saturated rings. The zero-order valence-corrected chi connectivity index (χ0v) is 9.72. The Morgan fingerprint density at radius 2 is 1.71 bits per heavy atom. The first-order chi connectivity index (χ1) is 7.82. The Balaban J connectivity index is 2.86. The van der Waals surface area contributed by atoms with Crippen LogP contribution in [0.1, 0.15) is 6.92 Å². The summed E-state index contributed by atoms with van der Waals surface area (Å²) in [6, 6.07) is 0.949. The van der Waals surface area contributed by atoms with Crippen LogP contribution in [0.4, 0.5) is 18.9 Å². The summed E-state index contributed by atoms with van der Waals surface area (Å²) in [5.41, 5.74) is 0.0177. The van der Waals surface area contributed by atoms with Gasteiger partial charge in [0.15, 0.2) is 17.5 Å². The molecule has 1 atom stereocenters. The molecule has 0 saturated carbocycles. The molecule has 1 aromatic carbocycles. The van der Waals surface area contributed by atoms with E-state index in [0.29, 0.717) is 0 Å². The van der Waals surface area contributed by atoms with Gasteiger partial charge in [-0.15, -0.1) is 0 Å². The summed E-state index contributed by atoms with van der Waals surface area (Å²) in [5.74, 6) is -4.37. The SMILES string of the molecule is CC(Nc1cc(F)c(F)c(F)c1)C(=O)N(C)C. The Hall–Kier alpha value is -1.72. The standard InChI is InChI=1S/C11H13F3N2O/c1-6(11(17)16(2)3)15-7-4-8(12)10(14)9(13)5-7/h4-6,15H,1-3H3. The van der Waals surface area contributed by atoms with E-state index in [2.05, 4.69) is 5.32 Å². The smallest absolute Gasteiger partial charge is 0.244 e. The molecular formula is C11H13F3N2O. The van der Waals surface area contributed by atoms with Crippen LogP contribution in [-0.2, 0) is 4.79 Å². The molecule has 0 aromatic heterocycles. The van der Waals surface area contributed by atoms with Gasteiger partial charge in [0.2, 0.25) is 5.91 Å². The summed E-state index contributed by atoms with van der Waals surface area (Å²) in [6.07, 6.45) is 0. The number of carbonyl (C=O) groups excluding carboxylic acids is 1. The molecule has 0 heterocycles. The second-order valence-electron chi connectivity index (χ2n) is 3.85. The van der Waals surface area contributed by atoms with Crippen LogP contribution in [0.3, 0.4) is 0 Å². The molecule has 6 heteroatoms. The molecule has 1 N–H and O–H groups in total. The van der Waals surface area contributed by atoms with Crippen molar-refractivity contribution in [1.29, 1.82) is 0 Å². The first-order valence-electron chi connectivity index (χ1n) is 4.95. The molecule has 0 aliphatic rings. The van der Waals surface area contributed by atoms with Crippen LogP contribution in [0.25, 0.3) is 0 Å². The Morgan fingerprint density at radius 1 is 1.24 bits per heavy atom. The van der Waals surface area contributed by atoms with Gasteiger partial charge >= 0.3 is 0 Å². The zero-order chi connectivity index (χ0) is 13.2. The van der Waals surface area contributed by atoms with Crippen LogP contribution >= 0.6 is 0 Å². The largest absolute Gasteiger partial charge is 0.374 e. The van der Waals surface area contributed by atoms with Crippen molar-refractivity contribution in [3.05, 3.63) is 29.6 Å². The van der Waals surface area contributed by atoms with Gasteiger partial charge in [-0.3, -0.25) is 4.79 Å². The molecular weight excluding hydrogens is 233 g/mol. The third-order valence-electron chi connectivity index (χ3n) is 2.18. The fraction of sp³-hybridized carbons (Fsp3) is 0.364. The van der Waals surface area contributed by atoms with Crippen molar-refractivity contribution < 1.29 is 18.0 Å². The molecule has 1 rings (SSSR count). The molecule has 1 aromatic rings. The number of likely N-dealkylation sites (N-methyl/N-ethyl adjacent to an activating group) is 1. The van der Waals surface area contributed by atoms with E-state index in [-0.39, 0.29) is 11.6 Å². The summed E-state index contributed by atoms with van der Waals surface area (Å²) < 4.78 is 38.5. The van der Waals surface area contributed by atoms with E-state index in [1.165, 1.54) is 4.90 Å². The summed E-state index contributed by atoms with van der Waals surface area (Å²) in [4.78, 5) is 12.8. The molecule has 0 spiro atoms. The van der Waals surface area contributed by atoms with Crippen molar-refractivity contribution in [2.75, 3.05) is 19.4 Å². The van der Waals surface area contributed by atoms with E-state index in [1.807, 2.05) is 0 Å². The molecule has 0 aliphatic heterocycles. The van der Waals surface area contributed by atoms with E-state index in [9.17, 15) is 18.0 Å². The lowest BCUT2D eigenvalue weighted by Gasteiger charge is -2.19. The molecule has 0 radical (unpaired) electrons. The van der Waals surface area contributed by atoms with E-state index in [0.717, 1.165) is 12.1 Å². The Kier molecular flexibility index (Phi) is 3.98. The molecule has 0 bridgehead atoms. The normalized spacial score (nSPS) is 12.1. The molecule has 1 unspecified atom stereocenters. The fourth-order valence-corrected chi connectivity index (χ4v) is 1.34. The second-order valence-corrected chi connectivity index (χ2v) is 3.85. The number of hydrogen-bond donors (Lipinski definition) is 1. The quantitative estimate of drug-likeness (QED) is 0.827. The topological polar surface area (TPSA) is 32.3 Å². The van der Waals surface area contributed by atoms with Gasteiger partial charge in [-0.05, 0) is 6.92 Å². The maximum atomic E-state index is 12.9. The van der Waals surface area contributed by atoms with Gasteiger partial charge in [0, 0.05) is 31.9 Å². The van der Waals surface area contributed by atoms with Gasteiger partial charge in [-0.25, -0.2) is 13.2 Å². The number of anilines is 1. The first kappa shape index (κ1) is 13.3. The highest BCUT2D eigenvalue weighted by Crippen LogP contribution is 2.18. The highest BCUT2D eigenvalue weighted by atomic mass is 19.2. The Labute approximate surface area is 97.2 Å². The first-order valence-corrected chi connectivity index (χ1v) is 4.95. The number of nitrogens with one attached hydrogen (secondary N) is 1. The van der Waals surface area contributed by atoms with E-state index >= 15 is 0 Å². The summed E-state index contributed by atoms with van der Waals surface area (Å²) >= 11 is 0. The lowest BCUT2D eigenvalue weighted by molar-refractivity contribution is -0.129. The molecule has 0 aliphatic carbocycles. The highest BCUT2D eigenvalue weighted by Gasteiger charge is 2.16. The third kappa shape index (κ3) is 3.12. The van der Waals surface area contributed by atoms with E-state index < -0.39 is 23.5 Å². The molecule has 1 amide bonds. The lowest BCUT2D eigenvalue weighted by atomic mass is 10.2. The van der Waals surface area contributed by atoms with Crippen molar-refractivity contribution in [1.82, 2.24) is 4.90 Å². The van der Waals surface area contributed by atoms with Crippen molar-refractivity contribution in [2.24, 2.45) is 0 Å². The van der Waals surface area contributed by atoms with Gasteiger partial charge in [-0.2, -0.15) is 0 Å². The van der Waals surface area contributed by atoms with E-state index in [4.69, 9.17) is 0 Å². The summed E-state index contributed by atoms with van der Waals surface area (Å²) in [6.45, 7) is 1.54. The number of nitrogens with zero attached hydrogens (tertiary/aromatic N) is 1. The number of halogens is 3. The van der Waals surface area contributed by atoms with Crippen LogP contribution < -0.4 is 5.32 Å². The average Bonchev–Trinajstić information content (AvgIpc) is 2.24. The molecule has 0 saturated heterocycles. The predicted molar refractivity (Wildman–Crippen MR) is 58.1 cm³/mol. The number of benzene rings is 1. The van der Waals surface area contributed by atoms with Crippen molar-refractivity contribution in [3.8, 4) is 0 Å². The van der Waals surface area contributed by atoms with Crippen LogP contribution in [0, 0.1) is 17.5 Å². The Morgan fingerprint density at radius 3 is 2.12 bits per heavy atom. The summed E-state index contributed by atoms with van der Waals surface area (Å²) in [5, 5.41) is 2.59. The van der Waals surface area contributed by atoms with Gasteiger partial charge < -0.3 is 10.2 Å². The molecule has 17 heavy (non-hydrogen) atoms. The van der Waals surface area contributed by atoms with Crippen LogP contribution in [0.15, 0.2) is 12.1 Å². The minimum Gasteiger partial charge on any atom is -0.374 e. The minimum atomic E-state index is -1.53. The number of hydrogen-bond acceptors (Lipinski definition) is 2. The van der Waals surface area contributed by atoms with Crippen LogP contribution in [-0.4, -0.2) is 30.9 Å². The maximum Gasteiger partial charge on any atom is 0.244 e. The highest BCUT2D eigenvalue weighted by molar-refractivity contribution is 5.83. The van der Waals surface area contributed by atoms with Crippen molar-refractivity contribution >= 4 is 11.6 Å². The predicted octanol–water partition coefficient (Wildman–Crippen LogP) is 1.99. The lowest BCUT2D eigenvalue weighted by Crippen LogP contribution is -2.36. The minimum absolute atomic E-state index is 0.0177. The van der Waals surface area contributed by atoms with Gasteiger partial charge in [0.05, 0.1) is 0 Å². The number of amides is 1. The maximum absolute atomic E-state index is 12.9. The van der Waals surface area contributed by atoms with Gasteiger partial charge in [0.25, 0.3) is 0 Å². The zero-order valence-electron chi connectivity index (χ0n) is 9.72. The molecule has 3 nitrogen and oxygen atoms in total. The second kappa shape index (κ2) is 5.07. The van der Waals surface area contributed by atoms with Gasteiger partial charge in [0.1, 0.15) is 6.04 Å². The van der Waals surface area contributed by atoms with Gasteiger partial charge in [-0.1, -0.05) is 0 Å². The monoisotopic (exact) mass is 246 g/mol. The number of rotatable bonds is 3. The van der Waals surface area contributed by atoms with Crippen molar-refractivity contribution in [3.63, 3.8) is 0 Å². The van der Waals surface area contributed by atoms with Crippen LogP contribution in [0.2, 0.25) is 0 Å². The Bertz CT molecular complexity index is 412. The van der Waals surface area contributed by atoms with E-state index in [1.54, 1.807) is 21.0 Å².